The van der Waals surface area contributed by atoms with Gasteiger partial charge in [0.15, 0.2) is 5.96 Å². The molecule has 0 spiro atoms. The average molecular weight is 372 g/mol. The molecular formula is C19H21FN4OS. The highest BCUT2D eigenvalue weighted by Gasteiger charge is 2.07. The van der Waals surface area contributed by atoms with Gasteiger partial charge in [0.2, 0.25) is 5.89 Å². The molecule has 26 heavy (non-hydrogen) atoms. The topological polar surface area (TPSA) is 62.5 Å². The van der Waals surface area contributed by atoms with Gasteiger partial charge in [-0.25, -0.2) is 14.4 Å². The fourth-order valence-corrected chi connectivity index (χ4v) is 3.07. The van der Waals surface area contributed by atoms with E-state index in [4.69, 9.17) is 4.42 Å². The third-order valence-corrected chi connectivity index (χ3v) is 4.48. The maximum absolute atomic E-state index is 13.2. The Balaban J connectivity index is 1.55. The van der Waals surface area contributed by atoms with E-state index in [2.05, 4.69) is 20.6 Å². The minimum absolute atomic E-state index is 0.212. The van der Waals surface area contributed by atoms with Crippen molar-refractivity contribution in [3.63, 3.8) is 0 Å². The number of aliphatic imine (C=N–C) groups is 1. The van der Waals surface area contributed by atoms with E-state index in [1.54, 1.807) is 29.7 Å². The second-order valence-electron chi connectivity index (χ2n) is 5.62. The monoisotopic (exact) mass is 372 g/mol. The molecule has 0 unspecified atom stereocenters. The highest BCUT2D eigenvalue weighted by atomic mass is 32.1. The van der Waals surface area contributed by atoms with E-state index in [0.29, 0.717) is 31.4 Å². The molecule has 3 aromatic rings. The van der Waals surface area contributed by atoms with Crippen molar-refractivity contribution >= 4 is 17.3 Å². The van der Waals surface area contributed by atoms with E-state index in [1.807, 2.05) is 30.5 Å². The lowest BCUT2D eigenvalue weighted by Crippen LogP contribution is -2.38. The zero-order valence-corrected chi connectivity index (χ0v) is 15.4. The lowest BCUT2D eigenvalue weighted by Gasteiger charge is -2.11. The molecule has 0 aliphatic rings. The summed E-state index contributed by atoms with van der Waals surface area (Å²) in [6.45, 7) is 3.85. The maximum Gasteiger partial charge on any atom is 0.236 e. The number of nitrogens with zero attached hydrogens (tertiary/aromatic N) is 2. The molecule has 0 amide bonds. The average Bonchev–Trinajstić information content (AvgIpc) is 3.31. The predicted molar refractivity (Wildman–Crippen MR) is 103 cm³/mol. The number of guanidine groups is 1. The first-order valence-electron chi connectivity index (χ1n) is 8.49. The standard InChI is InChI=1S/C19H21FN4OS/c1-2-21-19(22-9-8-14-5-3-6-15(20)11-14)23-12-16-13-25-18(24-16)17-7-4-10-26-17/h3-7,10-11,13H,2,8-9,12H2,1H3,(H2,21,22,23). The van der Waals surface area contributed by atoms with Crippen LogP contribution in [0.15, 0.2) is 57.5 Å². The Morgan fingerprint density at radius 1 is 1.27 bits per heavy atom. The van der Waals surface area contributed by atoms with Crippen LogP contribution in [0.2, 0.25) is 0 Å². The summed E-state index contributed by atoms with van der Waals surface area (Å²) in [7, 11) is 0. The molecule has 136 valence electrons. The number of nitrogens with one attached hydrogen (secondary N) is 2. The summed E-state index contributed by atoms with van der Waals surface area (Å²) in [5.41, 5.74) is 1.72. The minimum Gasteiger partial charge on any atom is -0.443 e. The summed E-state index contributed by atoms with van der Waals surface area (Å²) in [6, 6.07) is 10.6. The van der Waals surface area contributed by atoms with Crippen molar-refractivity contribution in [1.82, 2.24) is 15.6 Å². The van der Waals surface area contributed by atoms with Crippen molar-refractivity contribution in [1.29, 1.82) is 0 Å². The third kappa shape index (κ3) is 5.16. The molecule has 5 nitrogen and oxygen atoms in total. The van der Waals surface area contributed by atoms with Gasteiger partial charge in [-0.05, 0) is 42.5 Å². The van der Waals surface area contributed by atoms with Crippen LogP contribution in [0.25, 0.3) is 10.8 Å². The largest absolute Gasteiger partial charge is 0.443 e. The van der Waals surface area contributed by atoms with E-state index in [-0.39, 0.29) is 5.82 Å². The smallest absolute Gasteiger partial charge is 0.236 e. The lowest BCUT2D eigenvalue weighted by molar-refractivity contribution is 0.574. The molecule has 7 heteroatoms. The Labute approximate surface area is 156 Å². The number of hydrogen-bond acceptors (Lipinski definition) is 4. The SMILES string of the molecule is CCNC(=NCc1coc(-c2cccs2)n1)NCCc1cccc(F)c1. The lowest BCUT2D eigenvalue weighted by atomic mass is 10.1. The van der Waals surface area contributed by atoms with Crippen LogP contribution in [-0.2, 0) is 13.0 Å². The van der Waals surface area contributed by atoms with Crippen molar-refractivity contribution in [3.05, 3.63) is 65.1 Å². The summed E-state index contributed by atoms with van der Waals surface area (Å²) >= 11 is 1.59. The van der Waals surface area contributed by atoms with Crippen molar-refractivity contribution in [3.8, 4) is 10.8 Å². The minimum atomic E-state index is -0.212. The van der Waals surface area contributed by atoms with Crippen LogP contribution in [0, 0.1) is 5.82 Å². The van der Waals surface area contributed by atoms with Gasteiger partial charge < -0.3 is 15.1 Å². The van der Waals surface area contributed by atoms with Gasteiger partial charge in [0, 0.05) is 13.1 Å². The first-order chi connectivity index (χ1) is 12.7. The van der Waals surface area contributed by atoms with Gasteiger partial charge in [-0.15, -0.1) is 11.3 Å². The third-order valence-electron chi connectivity index (χ3n) is 3.62. The zero-order valence-electron chi connectivity index (χ0n) is 14.5. The quantitative estimate of drug-likeness (QED) is 0.489. The summed E-state index contributed by atoms with van der Waals surface area (Å²) in [5, 5.41) is 8.44. The molecule has 0 atom stereocenters. The van der Waals surface area contributed by atoms with E-state index in [9.17, 15) is 4.39 Å². The fraction of sp³-hybridized carbons (Fsp3) is 0.263. The number of benzene rings is 1. The van der Waals surface area contributed by atoms with Crippen LogP contribution in [0.3, 0.4) is 0 Å². The van der Waals surface area contributed by atoms with Gasteiger partial charge >= 0.3 is 0 Å². The molecule has 2 N–H and O–H groups in total. The highest BCUT2D eigenvalue weighted by Crippen LogP contribution is 2.23. The maximum atomic E-state index is 13.2. The van der Waals surface area contributed by atoms with Gasteiger partial charge in [0.05, 0.1) is 11.4 Å². The van der Waals surface area contributed by atoms with E-state index < -0.39 is 0 Å². The molecule has 0 aliphatic carbocycles. The molecule has 0 radical (unpaired) electrons. The molecule has 3 rings (SSSR count). The van der Waals surface area contributed by atoms with E-state index in [0.717, 1.165) is 22.7 Å². The normalized spacial score (nSPS) is 11.5. The summed E-state index contributed by atoms with van der Waals surface area (Å²) in [4.78, 5) is 9.99. The number of halogens is 1. The molecule has 0 bridgehead atoms. The number of hydrogen-bond donors (Lipinski definition) is 2. The van der Waals surface area contributed by atoms with Crippen molar-refractivity contribution in [2.75, 3.05) is 13.1 Å². The van der Waals surface area contributed by atoms with Gasteiger partial charge in [-0.3, -0.25) is 0 Å². The van der Waals surface area contributed by atoms with E-state index >= 15 is 0 Å². The molecule has 2 aromatic heterocycles. The predicted octanol–water partition coefficient (Wildman–Crippen LogP) is 3.84. The molecule has 0 saturated carbocycles. The second-order valence-corrected chi connectivity index (χ2v) is 6.57. The molecule has 2 heterocycles. The Bertz CT molecular complexity index is 845. The number of oxazole rings is 1. The molecule has 0 saturated heterocycles. The number of thiophene rings is 1. The first kappa shape index (κ1) is 18.1. The van der Waals surface area contributed by atoms with Gasteiger partial charge in [-0.1, -0.05) is 18.2 Å². The van der Waals surface area contributed by atoms with Crippen molar-refractivity contribution in [2.45, 2.75) is 19.9 Å². The van der Waals surface area contributed by atoms with Gasteiger partial charge in [0.1, 0.15) is 17.8 Å². The van der Waals surface area contributed by atoms with Crippen LogP contribution in [0.1, 0.15) is 18.2 Å². The molecule has 0 fully saturated rings. The van der Waals surface area contributed by atoms with Crippen LogP contribution in [0.4, 0.5) is 4.39 Å². The fourth-order valence-electron chi connectivity index (χ4n) is 2.41. The Morgan fingerprint density at radius 2 is 2.19 bits per heavy atom. The summed E-state index contributed by atoms with van der Waals surface area (Å²) < 4.78 is 18.7. The van der Waals surface area contributed by atoms with E-state index in [1.165, 1.54) is 6.07 Å². The van der Waals surface area contributed by atoms with Crippen LogP contribution < -0.4 is 10.6 Å². The van der Waals surface area contributed by atoms with Crippen LogP contribution in [0.5, 0.6) is 0 Å². The molecule has 1 aromatic carbocycles. The Kier molecular flexibility index (Phi) is 6.38. The summed E-state index contributed by atoms with van der Waals surface area (Å²) in [6.07, 6.45) is 2.35. The Morgan fingerprint density at radius 3 is 2.96 bits per heavy atom. The second kappa shape index (κ2) is 9.15. The molecular weight excluding hydrogens is 351 g/mol. The van der Waals surface area contributed by atoms with Crippen LogP contribution >= 0.6 is 11.3 Å². The first-order valence-corrected chi connectivity index (χ1v) is 9.37. The highest BCUT2D eigenvalue weighted by molar-refractivity contribution is 7.13. The number of rotatable bonds is 7. The van der Waals surface area contributed by atoms with Gasteiger partial charge in [-0.2, -0.15) is 0 Å². The Hall–Kier alpha value is -2.67. The van der Waals surface area contributed by atoms with Crippen LogP contribution in [-0.4, -0.2) is 24.0 Å². The number of aromatic nitrogens is 1. The summed E-state index contributed by atoms with van der Waals surface area (Å²) in [5.74, 6) is 1.11. The molecule has 0 aliphatic heterocycles. The van der Waals surface area contributed by atoms with Crippen molar-refractivity contribution < 1.29 is 8.81 Å². The van der Waals surface area contributed by atoms with Gasteiger partial charge in [0.25, 0.3) is 0 Å². The zero-order chi connectivity index (χ0) is 18.2. The van der Waals surface area contributed by atoms with Crippen molar-refractivity contribution in [2.24, 2.45) is 4.99 Å².